The number of methoxy groups -OCH3 is 1. The summed E-state index contributed by atoms with van der Waals surface area (Å²) in [5.74, 6) is -1.28. The Labute approximate surface area is 155 Å². The van der Waals surface area contributed by atoms with Crippen molar-refractivity contribution < 1.29 is 28.6 Å². The third-order valence-corrected chi connectivity index (χ3v) is 3.65. The molecule has 2 rings (SSSR count). The zero-order valence-corrected chi connectivity index (χ0v) is 14.8. The van der Waals surface area contributed by atoms with Crippen LogP contribution < -0.4 is 9.47 Å². The van der Waals surface area contributed by atoms with Crippen molar-refractivity contribution in [2.24, 2.45) is 0 Å². The van der Waals surface area contributed by atoms with Crippen molar-refractivity contribution in [1.29, 1.82) is 0 Å². The maximum Gasteiger partial charge on any atom is 0.341 e. The van der Waals surface area contributed by atoms with Crippen LogP contribution in [0, 0.1) is 0 Å². The van der Waals surface area contributed by atoms with Gasteiger partial charge in [0.15, 0.2) is 0 Å². The molecule has 7 heteroatoms. The van der Waals surface area contributed by atoms with Crippen LogP contribution in [0.4, 0.5) is 0 Å². The molecule has 0 N–H and O–H groups in total. The second-order valence-electron chi connectivity index (χ2n) is 5.22. The van der Waals surface area contributed by atoms with Crippen LogP contribution >= 0.6 is 11.6 Å². The van der Waals surface area contributed by atoms with Crippen LogP contribution in [0.3, 0.4) is 0 Å². The molecule has 2 aromatic carbocycles. The SMILES string of the molecule is COC(=O)c1ccccc1OC(=O)CCCC(=O)Oc1ccccc1Cl. The number of carbonyl (C=O) groups is 3. The van der Waals surface area contributed by atoms with Gasteiger partial charge in [0.25, 0.3) is 0 Å². The Morgan fingerprint density at radius 3 is 2.00 bits per heavy atom. The van der Waals surface area contributed by atoms with E-state index in [0.29, 0.717) is 5.02 Å². The van der Waals surface area contributed by atoms with Crippen LogP contribution in [0.5, 0.6) is 11.5 Å². The number of benzene rings is 2. The maximum atomic E-state index is 11.9. The highest BCUT2D eigenvalue weighted by Crippen LogP contribution is 2.24. The van der Waals surface area contributed by atoms with Crippen molar-refractivity contribution >= 4 is 29.5 Å². The van der Waals surface area contributed by atoms with Crippen LogP contribution in [-0.4, -0.2) is 25.0 Å². The smallest absolute Gasteiger partial charge is 0.341 e. The Balaban J connectivity index is 1.82. The molecule has 0 amide bonds. The number of hydrogen-bond donors (Lipinski definition) is 0. The van der Waals surface area contributed by atoms with Gasteiger partial charge in [-0.3, -0.25) is 9.59 Å². The molecule has 0 saturated heterocycles. The van der Waals surface area contributed by atoms with Crippen LogP contribution in [0.1, 0.15) is 29.6 Å². The first-order valence-electron chi connectivity index (χ1n) is 7.84. The predicted molar refractivity (Wildman–Crippen MR) is 94.4 cm³/mol. The monoisotopic (exact) mass is 376 g/mol. The lowest BCUT2D eigenvalue weighted by Gasteiger charge is -2.08. The molecule has 2 aromatic rings. The Hall–Kier alpha value is -2.86. The molecule has 0 heterocycles. The second-order valence-corrected chi connectivity index (χ2v) is 5.63. The van der Waals surface area contributed by atoms with E-state index in [1.807, 2.05) is 0 Å². The Kier molecular flexibility index (Phi) is 7.17. The van der Waals surface area contributed by atoms with Gasteiger partial charge in [0.05, 0.1) is 12.1 Å². The average Bonchev–Trinajstić information content (AvgIpc) is 2.63. The molecule has 0 atom stereocenters. The fourth-order valence-electron chi connectivity index (χ4n) is 2.09. The standard InChI is InChI=1S/C19H17ClO6/c1-24-19(23)13-7-2-4-9-15(13)25-17(21)11-6-12-18(22)26-16-10-5-3-8-14(16)20/h2-5,7-10H,6,11-12H2,1H3. The largest absolute Gasteiger partial charge is 0.465 e. The van der Waals surface area contributed by atoms with E-state index in [9.17, 15) is 14.4 Å². The molecule has 0 fully saturated rings. The van der Waals surface area contributed by atoms with Crippen molar-refractivity contribution in [3.63, 3.8) is 0 Å². The van der Waals surface area contributed by atoms with Gasteiger partial charge in [-0.1, -0.05) is 35.9 Å². The van der Waals surface area contributed by atoms with Crippen LogP contribution in [-0.2, 0) is 14.3 Å². The molecule has 136 valence electrons. The average molecular weight is 377 g/mol. The van der Waals surface area contributed by atoms with Gasteiger partial charge in [-0.2, -0.15) is 0 Å². The Morgan fingerprint density at radius 1 is 0.846 bits per heavy atom. The molecular formula is C19H17ClO6. The molecule has 0 radical (unpaired) electrons. The Morgan fingerprint density at radius 2 is 1.38 bits per heavy atom. The lowest BCUT2D eigenvalue weighted by Crippen LogP contribution is -2.13. The van der Waals surface area contributed by atoms with E-state index in [-0.39, 0.29) is 36.3 Å². The Bertz CT molecular complexity index is 802. The predicted octanol–water partition coefficient (Wildman–Crippen LogP) is 3.81. The summed E-state index contributed by atoms with van der Waals surface area (Å²) in [6.07, 6.45) is 0.259. The van der Waals surface area contributed by atoms with E-state index in [1.165, 1.54) is 19.2 Å². The number of carbonyl (C=O) groups excluding carboxylic acids is 3. The van der Waals surface area contributed by atoms with Crippen LogP contribution in [0.25, 0.3) is 0 Å². The quantitative estimate of drug-likeness (QED) is 0.540. The van der Waals surface area contributed by atoms with Gasteiger partial charge in [-0.15, -0.1) is 0 Å². The minimum absolute atomic E-state index is 0.00682. The van der Waals surface area contributed by atoms with Gasteiger partial charge >= 0.3 is 17.9 Å². The van der Waals surface area contributed by atoms with E-state index in [4.69, 9.17) is 21.1 Å². The lowest BCUT2D eigenvalue weighted by atomic mass is 10.2. The first-order chi connectivity index (χ1) is 12.5. The molecule has 0 aliphatic carbocycles. The molecule has 0 aromatic heterocycles. The fraction of sp³-hybridized carbons (Fsp3) is 0.211. The van der Waals surface area contributed by atoms with Crippen molar-refractivity contribution in [2.45, 2.75) is 19.3 Å². The molecular weight excluding hydrogens is 360 g/mol. The number of ether oxygens (including phenoxy) is 3. The number of rotatable bonds is 7. The van der Waals surface area contributed by atoms with E-state index in [2.05, 4.69) is 4.74 Å². The normalized spacial score (nSPS) is 10.1. The summed E-state index contributed by atoms with van der Waals surface area (Å²) < 4.78 is 14.9. The molecule has 0 saturated carbocycles. The van der Waals surface area contributed by atoms with Crippen molar-refractivity contribution in [3.05, 3.63) is 59.1 Å². The summed E-state index contributed by atoms with van der Waals surface area (Å²) in [5, 5.41) is 0.333. The first-order valence-corrected chi connectivity index (χ1v) is 8.22. The highest BCUT2D eigenvalue weighted by Gasteiger charge is 2.16. The van der Waals surface area contributed by atoms with Gasteiger partial charge in [0.1, 0.15) is 17.1 Å². The summed E-state index contributed by atoms with van der Waals surface area (Å²) in [6.45, 7) is 0. The molecule has 0 aliphatic rings. The van der Waals surface area contributed by atoms with Gasteiger partial charge in [0, 0.05) is 12.8 Å². The summed E-state index contributed by atoms with van der Waals surface area (Å²) >= 11 is 5.91. The molecule has 26 heavy (non-hydrogen) atoms. The van der Waals surface area contributed by atoms with Gasteiger partial charge < -0.3 is 14.2 Å². The van der Waals surface area contributed by atoms with Gasteiger partial charge in [-0.25, -0.2) is 4.79 Å². The highest BCUT2D eigenvalue weighted by molar-refractivity contribution is 6.32. The maximum absolute atomic E-state index is 11.9. The third-order valence-electron chi connectivity index (χ3n) is 3.34. The van der Waals surface area contributed by atoms with Crippen molar-refractivity contribution in [3.8, 4) is 11.5 Å². The second kappa shape index (κ2) is 9.58. The van der Waals surface area contributed by atoms with Gasteiger partial charge in [-0.05, 0) is 30.7 Å². The molecule has 0 aliphatic heterocycles. The lowest BCUT2D eigenvalue weighted by molar-refractivity contribution is -0.136. The number of esters is 3. The van der Waals surface area contributed by atoms with Crippen molar-refractivity contribution in [1.82, 2.24) is 0 Å². The molecule has 0 spiro atoms. The topological polar surface area (TPSA) is 78.9 Å². The van der Waals surface area contributed by atoms with E-state index >= 15 is 0 Å². The number of halogens is 1. The minimum atomic E-state index is -0.600. The first kappa shape index (κ1) is 19.5. The number of hydrogen-bond acceptors (Lipinski definition) is 6. The summed E-state index contributed by atoms with van der Waals surface area (Å²) in [6, 6.07) is 12.9. The van der Waals surface area contributed by atoms with Crippen molar-refractivity contribution in [2.75, 3.05) is 7.11 Å². The summed E-state index contributed by atoms with van der Waals surface area (Å²) in [4.78, 5) is 35.3. The summed E-state index contributed by atoms with van der Waals surface area (Å²) in [7, 11) is 1.24. The fourth-order valence-corrected chi connectivity index (χ4v) is 2.26. The minimum Gasteiger partial charge on any atom is -0.465 e. The van der Waals surface area contributed by atoms with Gasteiger partial charge in [0.2, 0.25) is 0 Å². The highest BCUT2D eigenvalue weighted by atomic mass is 35.5. The zero-order chi connectivity index (χ0) is 18.9. The molecule has 0 unspecified atom stereocenters. The number of para-hydroxylation sites is 2. The van der Waals surface area contributed by atoms with Crippen LogP contribution in [0.15, 0.2) is 48.5 Å². The van der Waals surface area contributed by atoms with E-state index in [1.54, 1.807) is 36.4 Å². The molecule has 6 nitrogen and oxygen atoms in total. The zero-order valence-electron chi connectivity index (χ0n) is 14.1. The third kappa shape index (κ3) is 5.60. The summed E-state index contributed by atoms with van der Waals surface area (Å²) in [5.41, 5.74) is 0.154. The van der Waals surface area contributed by atoms with Crippen LogP contribution in [0.2, 0.25) is 5.02 Å². The molecule has 0 bridgehead atoms. The van der Waals surface area contributed by atoms with E-state index in [0.717, 1.165) is 0 Å². The van der Waals surface area contributed by atoms with E-state index < -0.39 is 17.9 Å².